The number of benzene rings is 1. The van der Waals surface area contributed by atoms with Gasteiger partial charge in [-0.25, -0.2) is 4.79 Å². The monoisotopic (exact) mass is 405 g/mol. The van der Waals surface area contributed by atoms with Gasteiger partial charge in [-0.15, -0.1) is 0 Å². The number of hydrogen-bond acceptors (Lipinski definition) is 4. The van der Waals surface area contributed by atoms with Gasteiger partial charge in [0.25, 0.3) is 0 Å². The summed E-state index contributed by atoms with van der Waals surface area (Å²) in [5.74, 6) is -0.936. The lowest BCUT2D eigenvalue weighted by Crippen LogP contribution is -2.43. The van der Waals surface area contributed by atoms with E-state index in [1.165, 1.54) is 17.2 Å². The summed E-state index contributed by atoms with van der Waals surface area (Å²) in [6, 6.07) is 6.44. The molecule has 0 saturated heterocycles. The van der Waals surface area contributed by atoms with Crippen molar-refractivity contribution < 1.29 is 19.4 Å². The Morgan fingerprint density at radius 2 is 2.04 bits per heavy atom. The minimum Gasteiger partial charge on any atom is -0.478 e. The Hall–Kier alpha value is -1.47. The number of carbonyl (C=O) groups is 1. The van der Waals surface area contributed by atoms with Gasteiger partial charge in [0.15, 0.2) is 8.32 Å². The van der Waals surface area contributed by atoms with Gasteiger partial charge in [0, 0.05) is 31.8 Å². The third kappa shape index (κ3) is 5.77. The molecule has 0 bridgehead atoms. The fraction of sp³-hybridized carbons (Fsp3) is 0.591. The molecule has 2 N–H and O–H groups in total. The summed E-state index contributed by atoms with van der Waals surface area (Å²) in [6.07, 6.45) is 4.79. The smallest absolute Gasteiger partial charge is 0.328 e. The lowest BCUT2D eigenvalue weighted by Gasteiger charge is -2.37. The molecule has 0 radical (unpaired) electrons. The van der Waals surface area contributed by atoms with Gasteiger partial charge in [0.2, 0.25) is 0 Å². The molecule has 5 nitrogen and oxygen atoms in total. The molecular weight excluding hydrogens is 370 g/mol. The molecular formula is C22H35NO4Si. The average Bonchev–Trinajstić information content (AvgIpc) is 3.01. The van der Waals surface area contributed by atoms with E-state index >= 15 is 0 Å². The van der Waals surface area contributed by atoms with Crippen LogP contribution in [0.25, 0.3) is 6.08 Å². The molecule has 0 amide bonds. The number of fused-ring (bicyclic) bond motifs is 1. The lowest BCUT2D eigenvalue weighted by atomic mass is 10.0. The molecule has 0 fully saturated rings. The Morgan fingerprint density at radius 3 is 2.64 bits per heavy atom. The second kappa shape index (κ2) is 9.35. The summed E-state index contributed by atoms with van der Waals surface area (Å²) < 4.78 is 6.34. The largest absolute Gasteiger partial charge is 0.478 e. The molecule has 0 heterocycles. The highest BCUT2D eigenvalue weighted by molar-refractivity contribution is 6.74. The number of hydrogen-bond donors (Lipinski definition) is 2. The summed E-state index contributed by atoms with van der Waals surface area (Å²) in [7, 11) is -1.78. The SMILES string of the molecule is CC(C)(C)[Si](C)(C)OCCN(CCO)C1CCc2cc(C=CC(=O)O)ccc21. The van der Waals surface area contributed by atoms with Gasteiger partial charge < -0.3 is 14.6 Å². The van der Waals surface area contributed by atoms with Gasteiger partial charge in [-0.1, -0.05) is 39.0 Å². The summed E-state index contributed by atoms with van der Waals surface area (Å²) in [4.78, 5) is 13.1. The molecule has 0 aliphatic heterocycles. The van der Waals surface area contributed by atoms with Gasteiger partial charge in [0.05, 0.1) is 6.61 Å². The van der Waals surface area contributed by atoms with Crippen molar-refractivity contribution >= 4 is 20.4 Å². The van der Waals surface area contributed by atoms with Crippen molar-refractivity contribution in [2.75, 3.05) is 26.3 Å². The standard InChI is InChI=1S/C22H35NO4Si/c1-22(2,3)28(4,5)27-15-13-23(12-14-24)20-10-8-18-16-17(6-9-19(18)20)7-11-21(25)26/h6-7,9,11,16,20,24H,8,10,12-15H2,1-5H3,(H,25,26). The number of carboxylic acid groups (broad SMARTS) is 1. The third-order valence-corrected chi connectivity index (χ3v) is 10.6. The van der Waals surface area contributed by atoms with Crippen LogP contribution in [-0.4, -0.2) is 55.7 Å². The Labute approximate surface area is 170 Å². The van der Waals surface area contributed by atoms with E-state index in [1.54, 1.807) is 6.08 Å². The fourth-order valence-electron chi connectivity index (χ4n) is 3.45. The molecule has 0 spiro atoms. The Morgan fingerprint density at radius 1 is 1.32 bits per heavy atom. The van der Waals surface area contributed by atoms with Gasteiger partial charge in [0.1, 0.15) is 0 Å². The minimum atomic E-state index is -1.78. The van der Waals surface area contributed by atoms with Gasteiger partial charge >= 0.3 is 5.97 Å². The van der Waals surface area contributed by atoms with E-state index in [-0.39, 0.29) is 17.7 Å². The van der Waals surface area contributed by atoms with Crippen LogP contribution in [0.3, 0.4) is 0 Å². The topological polar surface area (TPSA) is 70.0 Å². The van der Waals surface area contributed by atoms with E-state index < -0.39 is 14.3 Å². The Balaban J connectivity index is 2.07. The number of aryl methyl sites for hydroxylation is 1. The van der Waals surface area contributed by atoms with E-state index in [1.807, 2.05) is 6.07 Å². The van der Waals surface area contributed by atoms with Crippen molar-refractivity contribution in [3.05, 3.63) is 41.0 Å². The number of carboxylic acids is 1. The lowest BCUT2D eigenvalue weighted by molar-refractivity contribution is -0.131. The predicted octanol–water partition coefficient (Wildman–Crippen LogP) is 4.09. The molecule has 1 aliphatic carbocycles. The number of aliphatic carboxylic acids is 1. The highest BCUT2D eigenvalue weighted by Crippen LogP contribution is 2.38. The zero-order valence-electron chi connectivity index (χ0n) is 17.9. The van der Waals surface area contributed by atoms with Crippen LogP contribution in [0.2, 0.25) is 18.1 Å². The van der Waals surface area contributed by atoms with Gasteiger partial charge in [-0.05, 0) is 53.7 Å². The summed E-state index contributed by atoms with van der Waals surface area (Å²) >= 11 is 0. The second-order valence-corrected chi connectivity index (χ2v) is 13.9. The normalized spacial score (nSPS) is 17.5. The minimum absolute atomic E-state index is 0.130. The molecule has 1 aromatic rings. The molecule has 0 aromatic heterocycles. The van der Waals surface area contributed by atoms with Crippen LogP contribution < -0.4 is 0 Å². The van der Waals surface area contributed by atoms with Crippen molar-refractivity contribution in [2.24, 2.45) is 0 Å². The molecule has 0 saturated carbocycles. The third-order valence-electron chi connectivity index (χ3n) is 6.11. The van der Waals surface area contributed by atoms with E-state index in [2.05, 4.69) is 50.9 Å². The molecule has 6 heteroatoms. The van der Waals surface area contributed by atoms with Crippen molar-refractivity contribution in [1.29, 1.82) is 0 Å². The Bertz CT molecular complexity index is 709. The molecule has 2 rings (SSSR count). The quantitative estimate of drug-likeness (QED) is 0.478. The van der Waals surface area contributed by atoms with Crippen molar-refractivity contribution in [1.82, 2.24) is 4.90 Å². The van der Waals surface area contributed by atoms with Crippen LogP contribution in [0.15, 0.2) is 24.3 Å². The van der Waals surface area contributed by atoms with Crippen LogP contribution in [0.1, 0.15) is 49.9 Å². The Kier molecular flexibility index (Phi) is 7.62. The van der Waals surface area contributed by atoms with E-state index in [4.69, 9.17) is 9.53 Å². The zero-order valence-corrected chi connectivity index (χ0v) is 18.9. The first-order valence-corrected chi connectivity index (χ1v) is 13.0. The van der Waals surface area contributed by atoms with Crippen LogP contribution in [0.5, 0.6) is 0 Å². The number of aliphatic hydroxyl groups excluding tert-OH is 1. The first-order chi connectivity index (χ1) is 13.0. The number of nitrogens with zero attached hydrogens (tertiary/aromatic N) is 1. The number of aliphatic hydroxyl groups is 1. The zero-order chi connectivity index (χ0) is 20.9. The highest BCUT2D eigenvalue weighted by atomic mass is 28.4. The van der Waals surface area contributed by atoms with Gasteiger partial charge in [-0.3, -0.25) is 4.90 Å². The van der Waals surface area contributed by atoms with Crippen LogP contribution in [0.4, 0.5) is 0 Å². The predicted molar refractivity (Wildman–Crippen MR) is 116 cm³/mol. The molecule has 1 atom stereocenters. The maximum atomic E-state index is 10.7. The average molecular weight is 406 g/mol. The van der Waals surface area contributed by atoms with Crippen LogP contribution in [0, 0.1) is 0 Å². The van der Waals surface area contributed by atoms with E-state index in [9.17, 15) is 9.90 Å². The van der Waals surface area contributed by atoms with Crippen molar-refractivity contribution in [2.45, 2.75) is 57.8 Å². The molecule has 1 aliphatic rings. The first kappa shape index (κ1) is 22.8. The summed E-state index contributed by atoms with van der Waals surface area (Å²) in [6.45, 7) is 13.5. The second-order valence-electron chi connectivity index (χ2n) is 9.05. The number of rotatable bonds is 9. The maximum Gasteiger partial charge on any atom is 0.328 e. The van der Waals surface area contributed by atoms with Crippen LogP contribution >= 0.6 is 0 Å². The van der Waals surface area contributed by atoms with E-state index in [0.717, 1.165) is 24.9 Å². The van der Waals surface area contributed by atoms with Crippen molar-refractivity contribution in [3.8, 4) is 0 Å². The van der Waals surface area contributed by atoms with Crippen LogP contribution in [-0.2, 0) is 15.6 Å². The molecule has 156 valence electrons. The van der Waals surface area contributed by atoms with E-state index in [0.29, 0.717) is 13.2 Å². The summed E-state index contributed by atoms with van der Waals surface area (Å²) in [5, 5.41) is 18.6. The first-order valence-electron chi connectivity index (χ1n) is 10.1. The molecule has 1 unspecified atom stereocenters. The summed E-state index contributed by atoms with van der Waals surface area (Å²) in [5.41, 5.74) is 3.47. The maximum absolute atomic E-state index is 10.7. The van der Waals surface area contributed by atoms with Gasteiger partial charge in [-0.2, -0.15) is 0 Å². The highest BCUT2D eigenvalue weighted by Gasteiger charge is 2.37. The fourth-order valence-corrected chi connectivity index (χ4v) is 4.49. The molecule has 28 heavy (non-hydrogen) atoms. The van der Waals surface area contributed by atoms with Crippen molar-refractivity contribution in [3.63, 3.8) is 0 Å². The molecule has 1 aromatic carbocycles.